The van der Waals surface area contributed by atoms with E-state index < -0.39 is 5.82 Å². The predicted octanol–water partition coefficient (Wildman–Crippen LogP) is 3.40. The van der Waals surface area contributed by atoms with Gasteiger partial charge in [0.25, 0.3) is 0 Å². The number of nitriles is 1. The normalized spacial score (nSPS) is 14.0. The number of rotatable bonds is 4. The molecule has 0 radical (unpaired) electrons. The maximum Gasteiger partial charge on any atom is 0.143 e. The third-order valence-corrected chi connectivity index (χ3v) is 4.94. The molecule has 1 aliphatic heterocycles. The Bertz CT molecular complexity index is 991. The summed E-state index contributed by atoms with van der Waals surface area (Å²) in [5.41, 5.74) is 1.96. The first-order chi connectivity index (χ1) is 13.7. The molecular weight excluding hydrogens is 353 g/mol. The molecule has 0 aliphatic carbocycles. The Labute approximate surface area is 163 Å². The van der Waals surface area contributed by atoms with Crippen LogP contribution in [0.4, 0.5) is 15.9 Å². The monoisotopic (exact) mass is 373 g/mol. The van der Waals surface area contributed by atoms with Gasteiger partial charge in [-0.3, -0.25) is 0 Å². The van der Waals surface area contributed by atoms with Gasteiger partial charge in [0.05, 0.1) is 5.69 Å². The lowest BCUT2D eigenvalue weighted by Crippen LogP contribution is -2.47. The van der Waals surface area contributed by atoms with Crippen LogP contribution in [0.25, 0.3) is 0 Å². The summed E-state index contributed by atoms with van der Waals surface area (Å²) in [6.45, 7) is 2.92. The summed E-state index contributed by atoms with van der Waals surface area (Å²) in [7, 11) is 0. The number of piperazine rings is 1. The van der Waals surface area contributed by atoms with Crippen LogP contribution < -0.4 is 9.80 Å². The number of aromatic nitrogens is 2. The van der Waals surface area contributed by atoms with E-state index in [2.05, 4.69) is 26.9 Å². The largest absolute Gasteiger partial charge is 0.367 e. The number of anilines is 2. The van der Waals surface area contributed by atoms with Crippen molar-refractivity contribution in [2.45, 2.75) is 6.42 Å². The molecule has 0 saturated carbocycles. The van der Waals surface area contributed by atoms with Gasteiger partial charge in [0, 0.05) is 38.8 Å². The zero-order valence-corrected chi connectivity index (χ0v) is 15.4. The summed E-state index contributed by atoms with van der Waals surface area (Å²) in [6.07, 6.45) is 2.50. The van der Waals surface area contributed by atoms with Crippen molar-refractivity contribution in [1.29, 1.82) is 5.26 Å². The average Bonchev–Trinajstić information content (AvgIpc) is 2.75. The van der Waals surface area contributed by atoms with Gasteiger partial charge in [-0.15, -0.1) is 0 Å². The molecule has 0 amide bonds. The van der Waals surface area contributed by atoms with E-state index in [0.717, 1.165) is 24.7 Å². The Kier molecular flexibility index (Phi) is 5.16. The molecule has 28 heavy (non-hydrogen) atoms. The van der Waals surface area contributed by atoms with Gasteiger partial charge in [0.15, 0.2) is 0 Å². The molecule has 3 aromatic rings. The number of hydrogen-bond acceptors (Lipinski definition) is 5. The second-order valence-corrected chi connectivity index (χ2v) is 6.71. The standard InChI is InChI=1S/C22H20FN5/c23-19-7-4-8-20(18(19)16-24)27-11-13-28(14-12-27)22-9-10-25-21(26-22)15-17-5-2-1-3-6-17/h1-10H,11-15H2. The Morgan fingerprint density at radius 3 is 2.43 bits per heavy atom. The minimum Gasteiger partial charge on any atom is -0.367 e. The van der Waals surface area contributed by atoms with E-state index in [1.54, 1.807) is 18.3 Å². The molecule has 1 aromatic heterocycles. The van der Waals surface area contributed by atoms with Crippen molar-refractivity contribution in [3.63, 3.8) is 0 Å². The summed E-state index contributed by atoms with van der Waals surface area (Å²) in [5.74, 6) is 1.23. The molecule has 5 nitrogen and oxygen atoms in total. The van der Waals surface area contributed by atoms with Crippen molar-refractivity contribution in [3.8, 4) is 6.07 Å². The minimum atomic E-state index is -0.469. The highest BCUT2D eigenvalue weighted by Gasteiger charge is 2.21. The molecule has 1 aliphatic rings. The van der Waals surface area contributed by atoms with Crippen LogP contribution in [0.1, 0.15) is 17.0 Å². The van der Waals surface area contributed by atoms with Crippen LogP contribution >= 0.6 is 0 Å². The fourth-order valence-corrected chi connectivity index (χ4v) is 3.49. The van der Waals surface area contributed by atoms with Gasteiger partial charge in [0.2, 0.25) is 0 Å². The van der Waals surface area contributed by atoms with Crippen LogP contribution in [-0.4, -0.2) is 36.1 Å². The van der Waals surface area contributed by atoms with Crippen molar-refractivity contribution >= 4 is 11.5 Å². The lowest BCUT2D eigenvalue weighted by atomic mass is 10.1. The molecule has 1 saturated heterocycles. The molecule has 0 unspecified atom stereocenters. The van der Waals surface area contributed by atoms with Crippen molar-refractivity contribution in [2.75, 3.05) is 36.0 Å². The third kappa shape index (κ3) is 3.79. The number of benzene rings is 2. The number of halogens is 1. The Morgan fingerprint density at radius 2 is 1.68 bits per heavy atom. The smallest absolute Gasteiger partial charge is 0.143 e. The molecule has 1 fully saturated rings. The highest BCUT2D eigenvalue weighted by Crippen LogP contribution is 2.24. The maximum absolute atomic E-state index is 13.9. The van der Waals surface area contributed by atoms with Crippen molar-refractivity contribution < 1.29 is 4.39 Å². The second kappa shape index (κ2) is 8.05. The van der Waals surface area contributed by atoms with Crippen molar-refractivity contribution in [2.24, 2.45) is 0 Å². The van der Waals surface area contributed by atoms with Gasteiger partial charge in [-0.05, 0) is 23.8 Å². The first kappa shape index (κ1) is 17.9. The molecule has 2 aromatic carbocycles. The van der Waals surface area contributed by atoms with Gasteiger partial charge >= 0.3 is 0 Å². The molecule has 4 rings (SSSR count). The molecule has 0 spiro atoms. The third-order valence-electron chi connectivity index (χ3n) is 4.94. The van der Waals surface area contributed by atoms with E-state index in [4.69, 9.17) is 4.98 Å². The molecule has 0 bridgehead atoms. The van der Waals surface area contributed by atoms with E-state index in [9.17, 15) is 9.65 Å². The lowest BCUT2D eigenvalue weighted by molar-refractivity contribution is 0.615. The first-order valence-corrected chi connectivity index (χ1v) is 9.29. The van der Waals surface area contributed by atoms with E-state index in [1.165, 1.54) is 11.6 Å². The van der Waals surface area contributed by atoms with E-state index in [1.807, 2.05) is 30.3 Å². The van der Waals surface area contributed by atoms with Crippen molar-refractivity contribution in [1.82, 2.24) is 9.97 Å². The van der Waals surface area contributed by atoms with Crippen LogP contribution in [0.3, 0.4) is 0 Å². The molecule has 6 heteroatoms. The van der Waals surface area contributed by atoms with E-state index in [-0.39, 0.29) is 5.56 Å². The molecule has 0 atom stereocenters. The minimum absolute atomic E-state index is 0.114. The highest BCUT2D eigenvalue weighted by atomic mass is 19.1. The first-order valence-electron chi connectivity index (χ1n) is 9.29. The number of hydrogen-bond donors (Lipinski definition) is 0. The van der Waals surface area contributed by atoms with E-state index >= 15 is 0 Å². The lowest BCUT2D eigenvalue weighted by Gasteiger charge is -2.37. The second-order valence-electron chi connectivity index (χ2n) is 6.71. The Balaban J connectivity index is 1.45. The maximum atomic E-state index is 13.9. The van der Waals surface area contributed by atoms with Crippen LogP contribution in [-0.2, 0) is 6.42 Å². The van der Waals surface area contributed by atoms with Crippen LogP contribution in [0, 0.1) is 17.1 Å². The summed E-state index contributed by atoms with van der Waals surface area (Å²) >= 11 is 0. The van der Waals surface area contributed by atoms with E-state index in [0.29, 0.717) is 25.2 Å². The summed E-state index contributed by atoms with van der Waals surface area (Å²) in [4.78, 5) is 13.4. The zero-order valence-electron chi connectivity index (χ0n) is 15.4. The van der Waals surface area contributed by atoms with Gasteiger partial charge in [-0.25, -0.2) is 14.4 Å². The highest BCUT2D eigenvalue weighted by molar-refractivity contribution is 5.60. The van der Waals surface area contributed by atoms with Gasteiger partial charge in [0.1, 0.15) is 29.1 Å². The SMILES string of the molecule is N#Cc1c(F)cccc1N1CCN(c2ccnc(Cc3ccccc3)n2)CC1. The van der Waals surface area contributed by atoms with Gasteiger partial charge < -0.3 is 9.80 Å². The fraction of sp³-hybridized carbons (Fsp3) is 0.227. The van der Waals surface area contributed by atoms with Crippen LogP contribution in [0.15, 0.2) is 60.8 Å². The summed E-state index contributed by atoms with van der Waals surface area (Å²) < 4.78 is 13.9. The predicted molar refractivity (Wildman–Crippen MR) is 107 cm³/mol. The van der Waals surface area contributed by atoms with Crippen LogP contribution in [0.5, 0.6) is 0 Å². The molecule has 0 N–H and O–H groups in total. The molecule has 2 heterocycles. The Morgan fingerprint density at radius 1 is 0.929 bits per heavy atom. The quantitative estimate of drug-likeness (QED) is 0.702. The Hall–Kier alpha value is -3.46. The van der Waals surface area contributed by atoms with Gasteiger partial charge in [-0.2, -0.15) is 5.26 Å². The average molecular weight is 373 g/mol. The van der Waals surface area contributed by atoms with Gasteiger partial charge in [-0.1, -0.05) is 36.4 Å². The topological polar surface area (TPSA) is 56.1 Å². The van der Waals surface area contributed by atoms with Crippen molar-refractivity contribution in [3.05, 3.63) is 83.6 Å². The zero-order chi connectivity index (χ0) is 19.3. The molecule has 140 valence electrons. The summed E-state index contributed by atoms with van der Waals surface area (Å²) in [5, 5.41) is 9.27. The fourth-order valence-electron chi connectivity index (χ4n) is 3.49. The van der Waals surface area contributed by atoms with Crippen LogP contribution in [0.2, 0.25) is 0 Å². The molecular formula is C22H20FN5. The number of nitrogens with zero attached hydrogens (tertiary/aromatic N) is 5. The summed E-state index contributed by atoms with van der Waals surface area (Å²) in [6, 6.07) is 18.9.